The molecule has 32 heavy (non-hydrogen) atoms. The van der Waals surface area contributed by atoms with Crippen molar-refractivity contribution in [3.8, 4) is 0 Å². The molecular formula is C25H34N4O3. The molecule has 1 aliphatic heterocycles. The molecule has 1 saturated heterocycles. The zero-order valence-electron chi connectivity index (χ0n) is 18.7. The first-order valence-corrected chi connectivity index (χ1v) is 11.9. The number of carboxylic acids is 1. The zero-order chi connectivity index (χ0) is 22.3. The smallest absolute Gasteiger partial charge is 0.306 e. The molecule has 2 fully saturated rings. The molecule has 0 spiro atoms. The summed E-state index contributed by atoms with van der Waals surface area (Å²) in [5.74, 6) is -0.309. The third-order valence-corrected chi connectivity index (χ3v) is 7.05. The Balaban J connectivity index is 1.43. The number of aromatic nitrogens is 2. The second-order valence-electron chi connectivity index (χ2n) is 9.24. The molecule has 0 unspecified atom stereocenters. The molecule has 0 radical (unpaired) electrons. The van der Waals surface area contributed by atoms with Crippen LogP contribution >= 0.6 is 0 Å². The molecule has 0 bridgehead atoms. The summed E-state index contributed by atoms with van der Waals surface area (Å²) in [7, 11) is 0. The Kier molecular flexibility index (Phi) is 7.58. The summed E-state index contributed by atoms with van der Waals surface area (Å²) >= 11 is 0. The topological polar surface area (TPSA) is 87.5 Å². The van der Waals surface area contributed by atoms with Gasteiger partial charge < -0.3 is 15.3 Å². The van der Waals surface area contributed by atoms with Crippen LogP contribution in [0.5, 0.6) is 0 Å². The number of hydrogen-bond acceptors (Lipinski definition) is 4. The van der Waals surface area contributed by atoms with E-state index in [-0.39, 0.29) is 17.9 Å². The number of aryl methyl sites for hydroxylation is 1. The predicted molar refractivity (Wildman–Crippen MR) is 122 cm³/mol. The maximum absolute atomic E-state index is 13.5. The highest BCUT2D eigenvalue weighted by atomic mass is 16.4. The highest BCUT2D eigenvalue weighted by Gasteiger charge is 2.32. The van der Waals surface area contributed by atoms with Crippen molar-refractivity contribution in [2.45, 2.75) is 64.1 Å². The molecule has 1 aliphatic carbocycles. The van der Waals surface area contributed by atoms with Crippen LogP contribution < -0.4 is 5.32 Å². The van der Waals surface area contributed by atoms with Gasteiger partial charge in [-0.25, -0.2) is 0 Å². The molecule has 2 heterocycles. The monoisotopic (exact) mass is 438 g/mol. The van der Waals surface area contributed by atoms with Gasteiger partial charge in [-0.15, -0.1) is 0 Å². The van der Waals surface area contributed by atoms with E-state index >= 15 is 0 Å². The highest BCUT2D eigenvalue weighted by Crippen LogP contribution is 2.30. The van der Waals surface area contributed by atoms with Crippen LogP contribution in [0.2, 0.25) is 0 Å². The van der Waals surface area contributed by atoms with Crippen LogP contribution in [-0.4, -0.2) is 50.8 Å². The van der Waals surface area contributed by atoms with Gasteiger partial charge in [0.05, 0.1) is 17.7 Å². The second-order valence-corrected chi connectivity index (χ2v) is 9.24. The Morgan fingerprint density at radius 3 is 2.47 bits per heavy atom. The van der Waals surface area contributed by atoms with E-state index in [1.807, 2.05) is 46.1 Å². The fourth-order valence-electron chi connectivity index (χ4n) is 5.03. The number of carboxylic acid groups (broad SMARTS) is 1. The van der Waals surface area contributed by atoms with Crippen LogP contribution in [0.4, 0.5) is 0 Å². The van der Waals surface area contributed by atoms with E-state index < -0.39 is 5.97 Å². The number of aliphatic carboxylic acids is 1. The summed E-state index contributed by atoms with van der Waals surface area (Å²) in [6, 6.07) is 10.1. The summed E-state index contributed by atoms with van der Waals surface area (Å²) in [4.78, 5) is 26.8. The number of rotatable bonds is 8. The first-order chi connectivity index (χ1) is 15.6. The summed E-state index contributed by atoms with van der Waals surface area (Å²) in [6.45, 7) is 3.54. The Morgan fingerprint density at radius 1 is 1.06 bits per heavy atom. The number of piperidine rings is 1. The normalized spacial score (nSPS) is 21.9. The van der Waals surface area contributed by atoms with E-state index in [0.29, 0.717) is 24.9 Å². The Bertz CT molecular complexity index is 884. The molecular weight excluding hydrogens is 404 g/mol. The molecule has 7 nitrogen and oxygen atoms in total. The highest BCUT2D eigenvalue weighted by molar-refractivity contribution is 5.94. The molecule has 2 aliphatic rings. The van der Waals surface area contributed by atoms with Gasteiger partial charge >= 0.3 is 5.97 Å². The number of benzene rings is 1. The van der Waals surface area contributed by atoms with Crippen molar-refractivity contribution in [1.29, 1.82) is 0 Å². The van der Waals surface area contributed by atoms with Gasteiger partial charge in [-0.2, -0.15) is 5.10 Å². The molecule has 4 rings (SSSR count). The van der Waals surface area contributed by atoms with Crippen molar-refractivity contribution < 1.29 is 14.7 Å². The Hall–Kier alpha value is -2.67. The van der Waals surface area contributed by atoms with Gasteiger partial charge in [-0.3, -0.25) is 14.3 Å². The van der Waals surface area contributed by atoms with Crippen molar-refractivity contribution in [1.82, 2.24) is 20.0 Å². The third kappa shape index (κ3) is 5.76. The van der Waals surface area contributed by atoms with Gasteiger partial charge in [0.25, 0.3) is 5.91 Å². The lowest BCUT2D eigenvalue weighted by Crippen LogP contribution is -2.42. The molecule has 172 valence electrons. The van der Waals surface area contributed by atoms with Crippen LogP contribution in [0.25, 0.3) is 0 Å². The van der Waals surface area contributed by atoms with E-state index in [0.717, 1.165) is 50.4 Å². The lowest BCUT2D eigenvalue weighted by Gasteiger charge is -2.36. The molecule has 1 aromatic carbocycles. The average molecular weight is 439 g/mol. The van der Waals surface area contributed by atoms with Crippen LogP contribution in [0.1, 0.15) is 60.9 Å². The first-order valence-electron chi connectivity index (χ1n) is 11.9. The molecule has 1 aromatic heterocycles. The minimum Gasteiger partial charge on any atom is -0.481 e. The SMILES string of the molecule is O=C(O)C1CCC(N(Cc2ccccc2)C(=O)c2cnn(CCC3CCNCC3)c2)CC1. The van der Waals surface area contributed by atoms with Gasteiger partial charge in [0.1, 0.15) is 0 Å². The van der Waals surface area contributed by atoms with Crippen molar-refractivity contribution in [3.63, 3.8) is 0 Å². The van der Waals surface area contributed by atoms with E-state index in [2.05, 4.69) is 10.4 Å². The minimum atomic E-state index is -0.723. The van der Waals surface area contributed by atoms with Crippen LogP contribution in [0.3, 0.4) is 0 Å². The van der Waals surface area contributed by atoms with E-state index in [1.165, 1.54) is 12.8 Å². The van der Waals surface area contributed by atoms with Crippen molar-refractivity contribution in [2.75, 3.05) is 13.1 Å². The van der Waals surface area contributed by atoms with Gasteiger partial charge in [-0.05, 0) is 69.5 Å². The quantitative estimate of drug-likeness (QED) is 0.658. The van der Waals surface area contributed by atoms with E-state index in [4.69, 9.17) is 0 Å². The van der Waals surface area contributed by atoms with Gasteiger partial charge in [-0.1, -0.05) is 30.3 Å². The van der Waals surface area contributed by atoms with E-state index in [1.54, 1.807) is 6.20 Å². The predicted octanol–water partition coefficient (Wildman–Crippen LogP) is 3.56. The fraction of sp³-hybridized carbons (Fsp3) is 0.560. The van der Waals surface area contributed by atoms with Crippen LogP contribution in [0.15, 0.2) is 42.7 Å². The molecule has 2 aromatic rings. The second kappa shape index (κ2) is 10.8. The van der Waals surface area contributed by atoms with Crippen LogP contribution in [-0.2, 0) is 17.9 Å². The number of carbonyl (C=O) groups excluding carboxylic acids is 1. The number of hydrogen-bond donors (Lipinski definition) is 2. The largest absolute Gasteiger partial charge is 0.481 e. The molecule has 0 atom stereocenters. The molecule has 2 N–H and O–H groups in total. The van der Waals surface area contributed by atoms with Crippen molar-refractivity contribution >= 4 is 11.9 Å². The summed E-state index contributed by atoms with van der Waals surface area (Å²) < 4.78 is 1.90. The standard InChI is InChI=1S/C25H34N4O3/c30-24(22-16-27-28(18-22)15-12-19-10-13-26-14-11-19)29(17-20-4-2-1-3-5-20)23-8-6-21(7-9-23)25(31)32/h1-5,16,18-19,21,23,26H,6-15,17H2,(H,31,32). The zero-order valence-corrected chi connectivity index (χ0v) is 18.7. The fourth-order valence-corrected chi connectivity index (χ4v) is 5.03. The number of amides is 1. The number of nitrogens with zero attached hydrogens (tertiary/aromatic N) is 3. The molecule has 1 saturated carbocycles. The minimum absolute atomic E-state index is 0.0132. The maximum atomic E-state index is 13.5. The lowest BCUT2D eigenvalue weighted by atomic mass is 9.85. The van der Waals surface area contributed by atoms with Gasteiger partial charge in [0.15, 0.2) is 0 Å². The van der Waals surface area contributed by atoms with E-state index in [9.17, 15) is 14.7 Å². The Labute approximate surface area is 189 Å². The summed E-state index contributed by atoms with van der Waals surface area (Å²) in [6.07, 6.45) is 9.74. The number of carbonyl (C=O) groups is 2. The summed E-state index contributed by atoms with van der Waals surface area (Å²) in [5.41, 5.74) is 1.70. The lowest BCUT2D eigenvalue weighted by molar-refractivity contribution is -0.143. The molecule has 7 heteroatoms. The van der Waals surface area contributed by atoms with Gasteiger partial charge in [0, 0.05) is 25.3 Å². The van der Waals surface area contributed by atoms with Crippen molar-refractivity contribution in [3.05, 3.63) is 53.9 Å². The third-order valence-electron chi connectivity index (χ3n) is 7.05. The summed E-state index contributed by atoms with van der Waals surface area (Å²) in [5, 5.41) is 17.2. The average Bonchev–Trinajstić information content (AvgIpc) is 3.31. The Morgan fingerprint density at radius 2 is 1.78 bits per heavy atom. The first kappa shape index (κ1) is 22.5. The number of nitrogens with one attached hydrogen (secondary N) is 1. The van der Waals surface area contributed by atoms with Crippen molar-refractivity contribution in [2.24, 2.45) is 11.8 Å². The maximum Gasteiger partial charge on any atom is 0.306 e. The van der Waals surface area contributed by atoms with Gasteiger partial charge in [0.2, 0.25) is 0 Å². The molecule has 1 amide bonds. The van der Waals surface area contributed by atoms with Crippen LogP contribution in [0, 0.1) is 11.8 Å².